The maximum atomic E-state index is 13.6. The van der Waals surface area contributed by atoms with E-state index in [0.717, 1.165) is 21.9 Å². The van der Waals surface area contributed by atoms with Crippen LogP contribution in [-0.4, -0.2) is 15.3 Å². The summed E-state index contributed by atoms with van der Waals surface area (Å²) >= 11 is 0. The first-order valence-corrected chi connectivity index (χ1v) is 10.0. The van der Waals surface area contributed by atoms with Crippen molar-refractivity contribution in [3.05, 3.63) is 76.5 Å². The molecule has 0 bridgehead atoms. The molecular formula is C26H23NO3. The van der Waals surface area contributed by atoms with Crippen LogP contribution in [0.2, 0.25) is 0 Å². The van der Waals surface area contributed by atoms with Gasteiger partial charge in [0.05, 0.1) is 16.4 Å². The van der Waals surface area contributed by atoms with Gasteiger partial charge in [0.25, 0.3) is 0 Å². The molecule has 0 aliphatic carbocycles. The maximum Gasteiger partial charge on any atom is 0.201 e. The molecular weight excluding hydrogens is 374 g/mol. The molecule has 0 unspecified atom stereocenters. The molecule has 0 atom stereocenters. The average molecular weight is 397 g/mol. The highest BCUT2D eigenvalue weighted by atomic mass is 16.5. The predicted octanol–water partition coefficient (Wildman–Crippen LogP) is 5.46. The highest BCUT2D eigenvalue weighted by Gasteiger charge is 2.30. The smallest absolute Gasteiger partial charge is 0.201 e. The summed E-state index contributed by atoms with van der Waals surface area (Å²) in [4.78, 5) is 13.6. The lowest BCUT2D eigenvalue weighted by Crippen LogP contribution is -2.29. The van der Waals surface area contributed by atoms with Crippen LogP contribution in [0.15, 0.2) is 59.9 Å². The van der Waals surface area contributed by atoms with Crippen molar-refractivity contribution in [3.8, 4) is 11.5 Å². The fraction of sp³-hybridized carbons (Fsp3) is 0.192. The summed E-state index contributed by atoms with van der Waals surface area (Å²) in [6.07, 6.45) is 6.11. The Morgan fingerprint density at radius 2 is 1.90 bits per heavy atom. The molecule has 1 aromatic heterocycles. The zero-order valence-corrected chi connectivity index (χ0v) is 17.3. The van der Waals surface area contributed by atoms with Crippen LogP contribution >= 0.6 is 0 Å². The van der Waals surface area contributed by atoms with E-state index in [1.54, 1.807) is 6.08 Å². The maximum absolute atomic E-state index is 13.6. The standard InChI is InChI=1S/C26H23NO3/c1-5-8-18-23(28)21-22(17-11-12-26(2,3)30-25(17)18)27(4)20-14-16-10-7-6-9-15(16)13-19(20)24(21)29/h5-7,9-14,28H,1,8H2,2-4H3. The number of nitrogens with zero attached hydrogens (tertiary/aromatic N) is 1. The van der Waals surface area contributed by atoms with Crippen molar-refractivity contribution in [2.45, 2.75) is 25.9 Å². The van der Waals surface area contributed by atoms with Gasteiger partial charge in [0.15, 0.2) is 0 Å². The predicted molar refractivity (Wildman–Crippen MR) is 124 cm³/mol. The molecule has 2 heterocycles. The number of hydrogen-bond acceptors (Lipinski definition) is 3. The van der Waals surface area contributed by atoms with Crippen LogP contribution in [0, 0.1) is 0 Å². The molecule has 30 heavy (non-hydrogen) atoms. The summed E-state index contributed by atoms with van der Waals surface area (Å²) < 4.78 is 8.25. The molecule has 150 valence electrons. The van der Waals surface area contributed by atoms with E-state index in [4.69, 9.17) is 4.74 Å². The van der Waals surface area contributed by atoms with Crippen molar-refractivity contribution in [2.24, 2.45) is 7.05 Å². The first kappa shape index (κ1) is 18.5. The molecule has 1 aliphatic heterocycles. The SMILES string of the molecule is C=CCc1c2c(c3c(c1O)c(=O)c1cc4ccccc4cc1n3C)C=CC(C)(C)O2. The topological polar surface area (TPSA) is 51.5 Å². The Kier molecular flexibility index (Phi) is 3.84. The molecule has 0 radical (unpaired) electrons. The number of phenols is 1. The molecule has 5 rings (SSSR count). The van der Waals surface area contributed by atoms with Gasteiger partial charge in [0.1, 0.15) is 17.1 Å². The van der Waals surface area contributed by atoms with Gasteiger partial charge in [-0.1, -0.05) is 30.3 Å². The summed E-state index contributed by atoms with van der Waals surface area (Å²) in [5.74, 6) is 0.591. The van der Waals surface area contributed by atoms with E-state index < -0.39 is 5.60 Å². The Balaban J connectivity index is 2.04. The van der Waals surface area contributed by atoms with Crippen molar-refractivity contribution < 1.29 is 9.84 Å². The number of aromatic hydroxyl groups is 1. The lowest BCUT2D eigenvalue weighted by Gasteiger charge is -2.31. The second kappa shape index (κ2) is 6.23. The molecule has 1 N–H and O–H groups in total. The number of fused-ring (bicyclic) bond motifs is 5. The fourth-order valence-corrected chi connectivity index (χ4v) is 4.47. The lowest BCUT2D eigenvalue weighted by molar-refractivity contribution is 0.157. The van der Waals surface area contributed by atoms with Crippen molar-refractivity contribution in [1.29, 1.82) is 0 Å². The second-order valence-electron chi connectivity index (χ2n) is 8.43. The van der Waals surface area contributed by atoms with E-state index in [1.165, 1.54) is 0 Å². The van der Waals surface area contributed by atoms with Gasteiger partial charge in [-0.25, -0.2) is 0 Å². The number of hydrogen-bond donors (Lipinski definition) is 1. The average Bonchev–Trinajstić information content (AvgIpc) is 2.72. The number of aryl methyl sites for hydroxylation is 1. The molecule has 0 saturated heterocycles. The van der Waals surface area contributed by atoms with Gasteiger partial charge in [0, 0.05) is 23.6 Å². The monoisotopic (exact) mass is 397 g/mol. The minimum atomic E-state index is -0.505. The first-order valence-electron chi connectivity index (χ1n) is 10.0. The van der Waals surface area contributed by atoms with Crippen LogP contribution in [0.25, 0.3) is 38.7 Å². The molecule has 0 amide bonds. The Labute approximate surface area is 174 Å². The number of pyridine rings is 1. The number of rotatable bonds is 2. The fourth-order valence-electron chi connectivity index (χ4n) is 4.47. The Morgan fingerprint density at radius 3 is 2.60 bits per heavy atom. The third kappa shape index (κ3) is 2.50. The van der Waals surface area contributed by atoms with E-state index in [9.17, 15) is 9.90 Å². The highest BCUT2D eigenvalue weighted by Crippen LogP contribution is 2.44. The minimum absolute atomic E-state index is 0.0228. The third-order valence-corrected chi connectivity index (χ3v) is 5.93. The Bertz CT molecular complexity index is 1470. The number of allylic oxidation sites excluding steroid dienone is 1. The van der Waals surface area contributed by atoms with Gasteiger partial charge < -0.3 is 14.4 Å². The first-order chi connectivity index (χ1) is 14.3. The van der Waals surface area contributed by atoms with Crippen molar-refractivity contribution in [3.63, 3.8) is 0 Å². The van der Waals surface area contributed by atoms with Gasteiger partial charge in [0.2, 0.25) is 5.43 Å². The van der Waals surface area contributed by atoms with Crippen molar-refractivity contribution in [1.82, 2.24) is 4.57 Å². The molecule has 3 aromatic carbocycles. The Hall–Kier alpha value is -3.53. The third-order valence-electron chi connectivity index (χ3n) is 5.93. The summed E-state index contributed by atoms with van der Waals surface area (Å²) in [6.45, 7) is 7.76. The number of phenolic OH excluding ortho intramolecular Hbond substituents is 1. The normalized spacial score (nSPS) is 14.8. The van der Waals surface area contributed by atoms with Gasteiger partial charge in [-0.15, -0.1) is 6.58 Å². The second-order valence-corrected chi connectivity index (χ2v) is 8.43. The van der Waals surface area contributed by atoms with E-state index in [2.05, 4.69) is 6.58 Å². The number of ether oxygens (including phenoxy) is 1. The zero-order valence-electron chi connectivity index (χ0n) is 17.3. The molecule has 4 aromatic rings. The van der Waals surface area contributed by atoms with Gasteiger partial charge in [-0.2, -0.15) is 0 Å². The van der Waals surface area contributed by atoms with Gasteiger partial charge in [-0.05, 0) is 55.3 Å². The summed E-state index contributed by atoms with van der Waals surface area (Å²) in [5.41, 5.74) is 2.23. The van der Waals surface area contributed by atoms with Gasteiger partial charge >= 0.3 is 0 Å². The molecule has 0 spiro atoms. The zero-order chi connectivity index (χ0) is 21.2. The van der Waals surface area contributed by atoms with Crippen molar-refractivity contribution >= 4 is 38.7 Å². The molecule has 0 fully saturated rings. The molecule has 4 nitrogen and oxygen atoms in total. The largest absolute Gasteiger partial charge is 0.507 e. The van der Waals surface area contributed by atoms with Crippen LogP contribution < -0.4 is 10.2 Å². The molecule has 4 heteroatoms. The van der Waals surface area contributed by atoms with Crippen LogP contribution in [0.5, 0.6) is 11.5 Å². The molecule has 0 saturated carbocycles. The number of aromatic nitrogens is 1. The summed E-state index contributed by atoms with van der Waals surface area (Å²) in [6, 6.07) is 11.9. The van der Waals surface area contributed by atoms with Crippen LogP contribution in [0.3, 0.4) is 0 Å². The molecule has 1 aliphatic rings. The Morgan fingerprint density at radius 1 is 1.20 bits per heavy atom. The van der Waals surface area contributed by atoms with Crippen molar-refractivity contribution in [2.75, 3.05) is 0 Å². The van der Waals surface area contributed by atoms with Crippen LogP contribution in [-0.2, 0) is 13.5 Å². The van der Waals surface area contributed by atoms with E-state index >= 15 is 0 Å². The summed E-state index contributed by atoms with van der Waals surface area (Å²) in [5, 5.41) is 14.2. The lowest BCUT2D eigenvalue weighted by atomic mass is 9.93. The van der Waals surface area contributed by atoms with Crippen LogP contribution in [0.1, 0.15) is 25.0 Å². The van der Waals surface area contributed by atoms with E-state index in [1.807, 2.05) is 74.0 Å². The van der Waals surface area contributed by atoms with E-state index in [0.29, 0.717) is 34.0 Å². The van der Waals surface area contributed by atoms with Gasteiger partial charge in [-0.3, -0.25) is 4.79 Å². The summed E-state index contributed by atoms with van der Waals surface area (Å²) in [7, 11) is 1.93. The highest BCUT2D eigenvalue weighted by molar-refractivity contribution is 6.06. The van der Waals surface area contributed by atoms with E-state index in [-0.39, 0.29) is 11.2 Å². The quantitative estimate of drug-likeness (QED) is 0.361. The minimum Gasteiger partial charge on any atom is -0.507 e. The van der Waals surface area contributed by atoms with Crippen LogP contribution in [0.4, 0.5) is 0 Å². The number of benzene rings is 3.